The summed E-state index contributed by atoms with van der Waals surface area (Å²) >= 11 is 0. The second kappa shape index (κ2) is 6.13. The Kier molecular flexibility index (Phi) is 3.68. The predicted octanol–water partition coefficient (Wildman–Crippen LogP) is 4.59. The molecule has 3 aromatic rings. The molecule has 0 radical (unpaired) electrons. The van der Waals surface area contributed by atoms with Gasteiger partial charge >= 0.3 is 0 Å². The van der Waals surface area contributed by atoms with Crippen LogP contribution in [-0.2, 0) is 6.42 Å². The summed E-state index contributed by atoms with van der Waals surface area (Å²) in [6.07, 6.45) is 2.98. The van der Waals surface area contributed by atoms with Gasteiger partial charge in [-0.3, -0.25) is 4.99 Å². The Bertz CT molecular complexity index is 847. The van der Waals surface area contributed by atoms with Crippen LogP contribution < -0.4 is 10.1 Å². The number of ether oxygens (including phenoxy) is 1. The number of fused-ring (bicyclic) bond motifs is 4. The van der Waals surface area contributed by atoms with Crippen LogP contribution in [0, 0.1) is 0 Å². The summed E-state index contributed by atoms with van der Waals surface area (Å²) in [4.78, 5) is 4.29. The van der Waals surface area contributed by atoms with Crippen LogP contribution in [-0.4, -0.2) is 19.4 Å². The van der Waals surface area contributed by atoms with Gasteiger partial charge in [0.1, 0.15) is 12.3 Å². The zero-order valence-corrected chi connectivity index (χ0v) is 12.8. The van der Waals surface area contributed by atoms with Crippen LogP contribution in [0.25, 0.3) is 10.8 Å². The highest BCUT2D eigenvalue weighted by Gasteiger charge is 2.10. The molecule has 0 atom stereocenters. The van der Waals surface area contributed by atoms with Crippen LogP contribution in [0.3, 0.4) is 0 Å². The Morgan fingerprint density at radius 3 is 2.74 bits per heavy atom. The lowest BCUT2D eigenvalue weighted by Gasteiger charge is -2.13. The first-order valence-electron chi connectivity index (χ1n) is 7.91. The summed E-state index contributed by atoms with van der Waals surface area (Å²) in [5, 5.41) is 5.64. The maximum atomic E-state index is 5.59. The topological polar surface area (TPSA) is 33.6 Å². The number of benzene rings is 3. The largest absolute Gasteiger partial charge is 0.485 e. The van der Waals surface area contributed by atoms with Crippen LogP contribution in [0.1, 0.15) is 5.56 Å². The van der Waals surface area contributed by atoms with Gasteiger partial charge in [-0.2, -0.15) is 0 Å². The monoisotopic (exact) mass is 302 g/mol. The molecule has 3 aromatic carbocycles. The first-order chi connectivity index (χ1) is 11.4. The van der Waals surface area contributed by atoms with E-state index in [0.717, 1.165) is 23.4 Å². The molecule has 3 nitrogen and oxygen atoms in total. The Morgan fingerprint density at radius 1 is 0.913 bits per heavy atom. The van der Waals surface area contributed by atoms with Crippen molar-refractivity contribution in [3.8, 4) is 5.75 Å². The number of anilines is 1. The van der Waals surface area contributed by atoms with E-state index in [1.54, 1.807) is 6.21 Å². The minimum absolute atomic E-state index is 0.570. The zero-order valence-electron chi connectivity index (χ0n) is 12.8. The lowest BCUT2D eigenvalue weighted by molar-refractivity contribution is 0.381. The molecule has 0 aromatic heterocycles. The van der Waals surface area contributed by atoms with Crippen molar-refractivity contribution >= 4 is 28.4 Å². The Morgan fingerprint density at radius 2 is 1.78 bits per heavy atom. The number of para-hydroxylation sites is 1. The minimum atomic E-state index is 0.570. The molecule has 2 heterocycles. The maximum Gasteiger partial charge on any atom is 0.153 e. The van der Waals surface area contributed by atoms with Crippen molar-refractivity contribution in [2.45, 2.75) is 6.42 Å². The fourth-order valence-corrected chi connectivity index (χ4v) is 2.98. The molecule has 1 N–H and O–H groups in total. The summed E-state index contributed by atoms with van der Waals surface area (Å²) < 4.78 is 5.59. The standard InChI is InChI=1S/C12H9NO.C8H9N/c1-2-4-10-9(3-1)5-6-11-12(10)14-8-7-13-11;1-2-4-8-7(3-1)5-6-9-8/h1-7H,8H2;1-4,9H,5-6H2. The van der Waals surface area contributed by atoms with E-state index in [1.807, 2.05) is 18.2 Å². The molecule has 0 fully saturated rings. The number of nitrogens with zero attached hydrogens (tertiary/aromatic N) is 1. The molecule has 0 spiro atoms. The molecule has 23 heavy (non-hydrogen) atoms. The van der Waals surface area contributed by atoms with E-state index in [4.69, 9.17) is 4.74 Å². The second-order valence-corrected chi connectivity index (χ2v) is 5.59. The molecular weight excluding hydrogens is 284 g/mol. The lowest BCUT2D eigenvalue weighted by Crippen LogP contribution is -2.02. The molecular formula is C20H18N2O. The third-order valence-corrected chi connectivity index (χ3v) is 4.12. The van der Waals surface area contributed by atoms with Gasteiger partial charge in [-0.1, -0.05) is 48.5 Å². The molecule has 3 heteroatoms. The van der Waals surface area contributed by atoms with Crippen LogP contribution in [0.2, 0.25) is 0 Å². The summed E-state index contributed by atoms with van der Waals surface area (Å²) in [6, 6.07) is 20.7. The van der Waals surface area contributed by atoms with Gasteiger partial charge in [-0.05, 0) is 29.5 Å². The molecule has 0 saturated heterocycles. The molecule has 0 bridgehead atoms. The molecule has 114 valence electrons. The van der Waals surface area contributed by atoms with E-state index in [1.165, 1.54) is 23.1 Å². The Balaban J connectivity index is 0.000000130. The molecule has 0 unspecified atom stereocenters. The third-order valence-electron chi connectivity index (χ3n) is 4.12. The number of aliphatic imine (C=N–C) groups is 1. The van der Waals surface area contributed by atoms with Crippen molar-refractivity contribution in [3.05, 3.63) is 66.2 Å². The van der Waals surface area contributed by atoms with E-state index in [-0.39, 0.29) is 0 Å². The van der Waals surface area contributed by atoms with Gasteiger partial charge in [-0.25, -0.2) is 0 Å². The second-order valence-electron chi connectivity index (χ2n) is 5.59. The number of nitrogens with one attached hydrogen (secondary N) is 1. The highest BCUT2D eigenvalue weighted by Crippen LogP contribution is 2.36. The van der Waals surface area contributed by atoms with Crippen LogP contribution in [0.5, 0.6) is 5.75 Å². The van der Waals surface area contributed by atoms with E-state index >= 15 is 0 Å². The lowest BCUT2D eigenvalue weighted by atomic mass is 10.1. The first-order valence-corrected chi connectivity index (χ1v) is 7.91. The van der Waals surface area contributed by atoms with Gasteiger partial charge < -0.3 is 10.1 Å². The predicted molar refractivity (Wildman–Crippen MR) is 96.2 cm³/mol. The maximum absolute atomic E-state index is 5.59. The number of hydrogen-bond acceptors (Lipinski definition) is 3. The average molecular weight is 302 g/mol. The highest BCUT2D eigenvalue weighted by atomic mass is 16.5. The third kappa shape index (κ3) is 2.78. The molecule has 0 aliphatic carbocycles. The smallest absolute Gasteiger partial charge is 0.153 e. The minimum Gasteiger partial charge on any atom is -0.485 e. The van der Waals surface area contributed by atoms with E-state index in [9.17, 15) is 0 Å². The van der Waals surface area contributed by atoms with Crippen molar-refractivity contribution in [2.24, 2.45) is 4.99 Å². The van der Waals surface area contributed by atoms with Gasteiger partial charge in [0.05, 0.1) is 0 Å². The van der Waals surface area contributed by atoms with Gasteiger partial charge in [-0.15, -0.1) is 0 Å². The van der Waals surface area contributed by atoms with E-state index in [2.05, 4.69) is 52.8 Å². The zero-order chi connectivity index (χ0) is 15.5. The first kappa shape index (κ1) is 13.8. The molecule has 2 aliphatic rings. The molecule has 2 aliphatic heterocycles. The molecule has 0 saturated carbocycles. The van der Waals surface area contributed by atoms with Gasteiger partial charge in [0.25, 0.3) is 0 Å². The normalized spacial score (nSPS) is 14.1. The fourth-order valence-electron chi connectivity index (χ4n) is 2.98. The van der Waals surface area contributed by atoms with Crippen molar-refractivity contribution in [1.82, 2.24) is 0 Å². The fraction of sp³-hybridized carbons (Fsp3) is 0.150. The van der Waals surface area contributed by atoms with Crippen LogP contribution >= 0.6 is 0 Å². The summed E-state index contributed by atoms with van der Waals surface area (Å²) in [5.74, 6) is 0.908. The van der Waals surface area contributed by atoms with E-state index < -0.39 is 0 Å². The van der Waals surface area contributed by atoms with Crippen molar-refractivity contribution in [3.63, 3.8) is 0 Å². The van der Waals surface area contributed by atoms with Gasteiger partial charge in [0.2, 0.25) is 0 Å². The van der Waals surface area contributed by atoms with Crippen molar-refractivity contribution in [1.29, 1.82) is 0 Å². The van der Waals surface area contributed by atoms with Crippen LogP contribution in [0.4, 0.5) is 11.4 Å². The van der Waals surface area contributed by atoms with Crippen LogP contribution in [0.15, 0.2) is 65.7 Å². The number of hydrogen-bond donors (Lipinski definition) is 1. The van der Waals surface area contributed by atoms with Gasteiger partial charge in [0.15, 0.2) is 5.75 Å². The highest BCUT2D eigenvalue weighted by molar-refractivity contribution is 5.94. The van der Waals surface area contributed by atoms with Crippen molar-refractivity contribution < 1.29 is 4.74 Å². The average Bonchev–Trinajstić information content (AvgIpc) is 3.11. The number of rotatable bonds is 0. The summed E-state index contributed by atoms with van der Waals surface area (Å²) in [6.45, 7) is 1.68. The summed E-state index contributed by atoms with van der Waals surface area (Å²) in [5.41, 5.74) is 3.70. The van der Waals surface area contributed by atoms with E-state index in [0.29, 0.717) is 6.61 Å². The summed E-state index contributed by atoms with van der Waals surface area (Å²) in [7, 11) is 0. The molecule has 0 amide bonds. The Hall–Kier alpha value is -2.81. The Labute approximate surface area is 135 Å². The molecule has 5 rings (SSSR count). The SMILES string of the molecule is C1=Nc2ccc3ccccc3c2OC1.c1ccc2c(c1)CCN2. The van der Waals surface area contributed by atoms with Crippen molar-refractivity contribution in [2.75, 3.05) is 18.5 Å². The quantitative estimate of drug-likeness (QED) is 0.659. The van der Waals surface area contributed by atoms with Gasteiger partial charge in [0, 0.05) is 23.8 Å².